The monoisotopic (exact) mass is 289 g/mol. The van der Waals surface area contributed by atoms with Crippen molar-refractivity contribution in [1.29, 1.82) is 0 Å². The number of sulfonamides is 1. The molecule has 19 heavy (non-hydrogen) atoms. The zero-order valence-corrected chi connectivity index (χ0v) is 12.7. The van der Waals surface area contributed by atoms with E-state index in [-0.39, 0.29) is 23.5 Å². The Morgan fingerprint density at radius 2 is 2.11 bits per heavy atom. The lowest BCUT2D eigenvalue weighted by molar-refractivity contribution is 0.314. The van der Waals surface area contributed by atoms with E-state index in [0.29, 0.717) is 12.1 Å². The van der Waals surface area contributed by atoms with Crippen LogP contribution >= 0.6 is 0 Å². The Balaban J connectivity index is 2.94. The van der Waals surface area contributed by atoms with E-state index in [1.807, 2.05) is 32.8 Å². The molecule has 0 aliphatic carbocycles. The molecule has 1 aromatic rings. The number of nitrogens with zero attached hydrogens (tertiary/aromatic N) is 2. The van der Waals surface area contributed by atoms with Crippen LogP contribution in [-0.2, 0) is 16.6 Å². The average Bonchev–Trinajstić information content (AvgIpc) is 2.75. The standard InChI is InChI=1S/C11H23N5O2S/c1-8(2)10(7-16(3)4)15-19(17,18)11-9(5-12)6-13-14-11/h6,8,10,15H,5,7,12H2,1-4H3,(H,13,14). The molecule has 1 rings (SSSR count). The van der Waals surface area contributed by atoms with Gasteiger partial charge in [0.25, 0.3) is 10.0 Å². The van der Waals surface area contributed by atoms with Crippen molar-refractivity contribution in [2.75, 3.05) is 20.6 Å². The molecular weight excluding hydrogens is 266 g/mol. The lowest BCUT2D eigenvalue weighted by Crippen LogP contribution is -2.45. The molecule has 4 N–H and O–H groups in total. The largest absolute Gasteiger partial charge is 0.326 e. The summed E-state index contributed by atoms with van der Waals surface area (Å²) < 4.78 is 27.3. The number of H-pyrrole nitrogens is 1. The second kappa shape index (κ2) is 6.47. The van der Waals surface area contributed by atoms with Crippen LogP contribution in [0.1, 0.15) is 19.4 Å². The number of aromatic amines is 1. The molecule has 0 aromatic carbocycles. The zero-order chi connectivity index (χ0) is 14.6. The van der Waals surface area contributed by atoms with Gasteiger partial charge < -0.3 is 10.6 Å². The highest BCUT2D eigenvalue weighted by Crippen LogP contribution is 2.13. The molecule has 8 heteroatoms. The highest BCUT2D eigenvalue weighted by Gasteiger charge is 2.26. The topological polar surface area (TPSA) is 104 Å². The molecule has 0 spiro atoms. The highest BCUT2D eigenvalue weighted by atomic mass is 32.2. The maximum absolute atomic E-state index is 12.3. The number of rotatable bonds is 7. The molecule has 1 aromatic heterocycles. The fraction of sp³-hybridized carbons (Fsp3) is 0.727. The van der Waals surface area contributed by atoms with Gasteiger partial charge in [-0.3, -0.25) is 5.10 Å². The van der Waals surface area contributed by atoms with Crippen LogP contribution in [0.4, 0.5) is 0 Å². The van der Waals surface area contributed by atoms with Gasteiger partial charge in [-0.25, -0.2) is 13.1 Å². The Morgan fingerprint density at radius 1 is 1.47 bits per heavy atom. The Morgan fingerprint density at radius 3 is 2.58 bits per heavy atom. The molecule has 0 aliphatic heterocycles. The third-order valence-corrected chi connectivity index (χ3v) is 4.34. The second-order valence-corrected chi connectivity index (χ2v) is 6.81. The number of hydrogen-bond donors (Lipinski definition) is 3. The van der Waals surface area contributed by atoms with E-state index in [4.69, 9.17) is 5.73 Å². The normalized spacial score (nSPS) is 14.3. The van der Waals surface area contributed by atoms with Gasteiger partial charge in [-0.1, -0.05) is 13.8 Å². The van der Waals surface area contributed by atoms with Gasteiger partial charge in [-0.15, -0.1) is 0 Å². The van der Waals surface area contributed by atoms with Crippen LogP contribution in [0, 0.1) is 5.92 Å². The first-order valence-corrected chi connectivity index (χ1v) is 7.65. The number of aromatic nitrogens is 2. The van der Waals surface area contributed by atoms with Crippen molar-refractivity contribution in [1.82, 2.24) is 19.8 Å². The van der Waals surface area contributed by atoms with Crippen LogP contribution in [0.5, 0.6) is 0 Å². The Hall–Kier alpha value is -0.960. The summed E-state index contributed by atoms with van der Waals surface area (Å²) in [5, 5.41) is 6.29. The van der Waals surface area contributed by atoms with E-state index in [2.05, 4.69) is 14.9 Å². The van der Waals surface area contributed by atoms with Crippen LogP contribution in [0.25, 0.3) is 0 Å². The van der Waals surface area contributed by atoms with Gasteiger partial charge in [0.2, 0.25) is 0 Å². The summed E-state index contributed by atoms with van der Waals surface area (Å²) in [6.45, 7) is 4.72. The molecular formula is C11H23N5O2S. The van der Waals surface area contributed by atoms with E-state index < -0.39 is 10.0 Å². The first kappa shape index (κ1) is 16.1. The third kappa shape index (κ3) is 4.27. The predicted octanol–water partition coefficient (Wildman–Crippen LogP) is -0.267. The van der Waals surface area contributed by atoms with Crippen molar-refractivity contribution in [3.8, 4) is 0 Å². The minimum absolute atomic E-state index is 0.0550. The molecule has 110 valence electrons. The maximum atomic E-state index is 12.3. The molecule has 7 nitrogen and oxygen atoms in total. The number of nitrogens with one attached hydrogen (secondary N) is 2. The molecule has 0 aliphatic rings. The van der Waals surface area contributed by atoms with Crippen LogP contribution in [-0.4, -0.2) is 50.2 Å². The minimum Gasteiger partial charge on any atom is -0.326 e. The molecule has 1 heterocycles. The third-order valence-electron chi connectivity index (χ3n) is 2.84. The van der Waals surface area contributed by atoms with E-state index in [0.717, 1.165) is 0 Å². The summed E-state index contributed by atoms with van der Waals surface area (Å²) in [6.07, 6.45) is 1.44. The van der Waals surface area contributed by atoms with Crippen LogP contribution < -0.4 is 10.5 Å². The van der Waals surface area contributed by atoms with Gasteiger partial charge in [-0.05, 0) is 20.0 Å². The Bertz CT molecular complexity index is 495. The van der Waals surface area contributed by atoms with Gasteiger partial charge in [0.05, 0.1) is 6.20 Å². The molecule has 0 fully saturated rings. The Kier molecular flexibility index (Phi) is 5.48. The van der Waals surface area contributed by atoms with Crippen molar-refractivity contribution >= 4 is 10.0 Å². The summed E-state index contributed by atoms with van der Waals surface area (Å²) in [6, 6.07) is -0.172. The Labute approximate surface area is 114 Å². The quantitative estimate of drug-likeness (QED) is 0.641. The van der Waals surface area contributed by atoms with E-state index >= 15 is 0 Å². The van der Waals surface area contributed by atoms with Gasteiger partial charge in [0.15, 0.2) is 5.03 Å². The summed E-state index contributed by atoms with van der Waals surface area (Å²) in [7, 11) is 0.192. The van der Waals surface area contributed by atoms with Crippen molar-refractivity contribution in [3.63, 3.8) is 0 Å². The highest BCUT2D eigenvalue weighted by molar-refractivity contribution is 7.89. The van der Waals surface area contributed by atoms with E-state index in [1.54, 1.807) is 0 Å². The average molecular weight is 289 g/mol. The van der Waals surface area contributed by atoms with Crippen LogP contribution in [0.15, 0.2) is 11.2 Å². The van der Waals surface area contributed by atoms with E-state index in [9.17, 15) is 8.42 Å². The van der Waals surface area contributed by atoms with Crippen LogP contribution in [0.2, 0.25) is 0 Å². The summed E-state index contributed by atoms with van der Waals surface area (Å²) >= 11 is 0. The minimum atomic E-state index is -3.62. The molecule has 1 atom stereocenters. The van der Waals surface area contributed by atoms with E-state index in [1.165, 1.54) is 6.20 Å². The number of likely N-dealkylation sites (N-methyl/N-ethyl adjacent to an activating group) is 1. The fourth-order valence-electron chi connectivity index (χ4n) is 1.71. The van der Waals surface area contributed by atoms with Gasteiger partial charge in [0.1, 0.15) is 0 Å². The van der Waals surface area contributed by atoms with Gasteiger partial charge in [0, 0.05) is 24.7 Å². The predicted molar refractivity (Wildman–Crippen MR) is 74.0 cm³/mol. The molecule has 0 saturated carbocycles. The number of hydrogen-bond acceptors (Lipinski definition) is 5. The smallest absolute Gasteiger partial charge is 0.258 e. The fourth-order valence-corrected chi connectivity index (χ4v) is 3.23. The summed E-state index contributed by atoms with van der Waals surface area (Å²) in [4.78, 5) is 1.95. The van der Waals surface area contributed by atoms with Crippen molar-refractivity contribution in [2.45, 2.75) is 31.5 Å². The first-order chi connectivity index (χ1) is 8.77. The van der Waals surface area contributed by atoms with Gasteiger partial charge in [-0.2, -0.15) is 5.10 Å². The SMILES string of the molecule is CC(C)C(CN(C)C)NS(=O)(=O)c1[nH]ncc1CN. The number of nitrogens with two attached hydrogens (primary N) is 1. The lowest BCUT2D eigenvalue weighted by Gasteiger charge is -2.25. The zero-order valence-electron chi connectivity index (χ0n) is 11.8. The first-order valence-electron chi connectivity index (χ1n) is 6.17. The van der Waals surface area contributed by atoms with Crippen molar-refractivity contribution < 1.29 is 8.42 Å². The summed E-state index contributed by atoms with van der Waals surface area (Å²) in [5.41, 5.74) is 5.99. The van der Waals surface area contributed by atoms with Crippen LogP contribution in [0.3, 0.4) is 0 Å². The maximum Gasteiger partial charge on any atom is 0.258 e. The van der Waals surface area contributed by atoms with Crippen molar-refractivity contribution in [2.24, 2.45) is 11.7 Å². The van der Waals surface area contributed by atoms with Crippen molar-refractivity contribution in [3.05, 3.63) is 11.8 Å². The molecule has 0 bridgehead atoms. The molecule has 0 radical (unpaired) electrons. The van der Waals surface area contributed by atoms with Gasteiger partial charge >= 0.3 is 0 Å². The summed E-state index contributed by atoms with van der Waals surface area (Å²) in [5.74, 6) is 0.182. The lowest BCUT2D eigenvalue weighted by atomic mass is 10.1. The second-order valence-electron chi connectivity index (χ2n) is 5.16. The molecule has 1 unspecified atom stereocenters. The molecule has 0 amide bonds. The molecule has 0 saturated heterocycles.